The molecule has 1 aliphatic heterocycles. The Morgan fingerprint density at radius 3 is 1.82 bits per heavy atom. The molecule has 5 heteroatoms. The molecule has 50 heavy (non-hydrogen) atoms. The van der Waals surface area contributed by atoms with Crippen LogP contribution in [-0.4, -0.2) is 35.0 Å². The zero-order chi connectivity index (χ0) is 34.5. The number of ether oxygens (including phenoxy) is 4. The van der Waals surface area contributed by atoms with Crippen molar-refractivity contribution in [2.45, 2.75) is 38.1 Å². The second-order valence-corrected chi connectivity index (χ2v) is 13.0. The fraction of sp³-hybridized carbons (Fsp3) is 0.244. The molecule has 0 amide bonds. The first-order valence-electron chi connectivity index (χ1n) is 17.5. The minimum absolute atomic E-state index is 0.286. The van der Waals surface area contributed by atoms with Crippen molar-refractivity contribution in [2.75, 3.05) is 35.0 Å². The molecule has 0 saturated heterocycles. The van der Waals surface area contributed by atoms with Crippen LogP contribution >= 0.6 is 0 Å². The van der Waals surface area contributed by atoms with Crippen LogP contribution in [0.15, 0.2) is 115 Å². The molecule has 0 bridgehead atoms. The normalized spacial score (nSPS) is 14.9. The Morgan fingerprint density at radius 2 is 1.14 bits per heavy atom. The molecule has 8 rings (SSSR count). The Kier molecular flexibility index (Phi) is 10.0. The Bertz CT molecular complexity index is 2160. The van der Waals surface area contributed by atoms with Gasteiger partial charge in [0, 0.05) is 6.04 Å². The molecule has 1 aliphatic carbocycles. The van der Waals surface area contributed by atoms with Gasteiger partial charge in [-0.3, -0.25) is 0 Å². The van der Waals surface area contributed by atoms with Gasteiger partial charge in [-0.15, -0.1) is 0 Å². The monoisotopic (exact) mass is 663 g/mol. The number of methoxy groups -OCH3 is 4. The molecule has 6 aromatic carbocycles. The van der Waals surface area contributed by atoms with Crippen LogP contribution in [0.2, 0.25) is 0 Å². The minimum Gasteiger partial charge on any atom is -0.493 e. The van der Waals surface area contributed by atoms with Crippen LogP contribution in [0.5, 0.6) is 23.0 Å². The summed E-state index contributed by atoms with van der Waals surface area (Å²) in [5.74, 6) is 3.22. The van der Waals surface area contributed by atoms with Crippen molar-refractivity contribution in [3.63, 3.8) is 0 Å². The van der Waals surface area contributed by atoms with E-state index in [0.717, 1.165) is 61.6 Å². The standard InChI is InChI=1S/C23H22O2.C22H23NO2/c1-24-22-14-19-11-6-10-18(21(19)15-23(22)25-2)13-17-9-5-8-16-7-3-4-12-20(16)17;1-24-21-13-17-10-11-23-20(19(17)14-22(21)25-2)12-16-8-5-7-15-6-3-4-9-18(15)16/h3-5,7-10,12,14-15H,6,11,13H2,1-2H3;3-9,13-14,20,23H,10-12H2,1-2H3/t;20-/m.0/s1. The van der Waals surface area contributed by atoms with Gasteiger partial charge in [0.1, 0.15) is 0 Å². The van der Waals surface area contributed by atoms with Crippen LogP contribution in [0.3, 0.4) is 0 Å². The number of rotatable bonds is 8. The van der Waals surface area contributed by atoms with Gasteiger partial charge in [0.2, 0.25) is 0 Å². The molecule has 0 radical (unpaired) electrons. The SMILES string of the molecule is COc1cc2c(cc1OC)C(Cc1cccc3ccccc13)=CCC2.COc1cc2c(cc1OC)[C@H](Cc1cccc3ccccc13)NCC2. The molecule has 1 heterocycles. The topological polar surface area (TPSA) is 49.0 Å². The Hall–Kier alpha value is -5.26. The van der Waals surface area contributed by atoms with E-state index < -0.39 is 0 Å². The molecule has 0 spiro atoms. The van der Waals surface area contributed by atoms with E-state index in [1.54, 1.807) is 28.4 Å². The van der Waals surface area contributed by atoms with Gasteiger partial charge in [-0.05, 0) is 123 Å². The summed E-state index contributed by atoms with van der Waals surface area (Å²) in [6.45, 7) is 0.984. The van der Waals surface area contributed by atoms with Gasteiger partial charge in [0.15, 0.2) is 23.0 Å². The van der Waals surface area contributed by atoms with Gasteiger partial charge in [0.05, 0.1) is 28.4 Å². The van der Waals surface area contributed by atoms with E-state index in [-0.39, 0.29) is 6.04 Å². The second-order valence-electron chi connectivity index (χ2n) is 13.0. The van der Waals surface area contributed by atoms with Gasteiger partial charge >= 0.3 is 0 Å². The number of hydrogen-bond acceptors (Lipinski definition) is 5. The van der Waals surface area contributed by atoms with E-state index in [2.05, 4.69) is 121 Å². The summed E-state index contributed by atoms with van der Waals surface area (Å²) >= 11 is 0. The molecule has 1 N–H and O–H groups in total. The summed E-state index contributed by atoms with van der Waals surface area (Å²) in [6, 6.07) is 39.1. The fourth-order valence-electron chi connectivity index (χ4n) is 7.60. The largest absolute Gasteiger partial charge is 0.493 e. The molecule has 0 aromatic heterocycles. The average Bonchev–Trinajstić information content (AvgIpc) is 3.17. The smallest absolute Gasteiger partial charge is 0.161 e. The zero-order valence-electron chi connectivity index (χ0n) is 29.4. The van der Waals surface area contributed by atoms with Gasteiger partial charge in [-0.1, -0.05) is 91.0 Å². The van der Waals surface area contributed by atoms with E-state index in [9.17, 15) is 0 Å². The summed E-state index contributed by atoms with van der Waals surface area (Å²) < 4.78 is 22.0. The highest BCUT2D eigenvalue weighted by molar-refractivity contribution is 5.88. The number of hydrogen-bond donors (Lipinski definition) is 1. The van der Waals surface area contributed by atoms with Gasteiger partial charge in [-0.2, -0.15) is 0 Å². The lowest BCUT2D eigenvalue weighted by Gasteiger charge is -2.28. The third-order valence-electron chi connectivity index (χ3n) is 10.1. The van der Waals surface area contributed by atoms with Crippen LogP contribution in [0, 0.1) is 0 Å². The van der Waals surface area contributed by atoms with Gasteiger partial charge in [0.25, 0.3) is 0 Å². The second kappa shape index (κ2) is 15.1. The summed E-state index contributed by atoms with van der Waals surface area (Å²) in [6.07, 6.45) is 7.41. The maximum absolute atomic E-state index is 5.52. The first kappa shape index (κ1) is 33.2. The van der Waals surface area contributed by atoms with Crippen molar-refractivity contribution in [3.05, 3.63) is 149 Å². The predicted molar refractivity (Wildman–Crippen MR) is 205 cm³/mol. The van der Waals surface area contributed by atoms with Crippen molar-refractivity contribution in [1.82, 2.24) is 5.32 Å². The highest BCUT2D eigenvalue weighted by Crippen LogP contribution is 2.39. The van der Waals surface area contributed by atoms with Crippen molar-refractivity contribution < 1.29 is 18.9 Å². The van der Waals surface area contributed by atoms with Crippen LogP contribution < -0.4 is 24.3 Å². The van der Waals surface area contributed by atoms with E-state index in [1.807, 2.05) is 0 Å². The van der Waals surface area contributed by atoms with E-state index >= 15 is 0 Å². The number of allylic oxidation sites excluding steroid dienone is 2. The first-order chi connectivity index (χ1) is 24.6. The fourth-order valence-corrected chi connectivity index (χ4v) is 7.60. The number of fused-ring (bicyclic) bond motifs is 4. The van der Waals surface area contributed by atoms with Crippen molar-refractivity contribution in [2.24, 2.45) is 0 Å². The van der Waals surface area contributed by atoms with Gasteiger partial charge < -0.3 is 24.3 Å². The van der Waals surface area contributed by atoms with E-state index in [0.29, 0.717) is 0 Å². The summed E-state index contributed by atoms with van der Waals surface area (Å²) in [5, 5.41) is 8.94. The average molecular weight is 664 g/mol. The summed E-state index contributed by atoms with van der Waals surface area (Å²) in [5.41, 5.74) is 9.41. The molecular weight excluding hydrogens is 618 g/mol. The Morgan fingerprint density at radius 1 is 0.580 bits per heavy atom. The van der Waals surface area contributed by atoms with Crippen molar-refractivity contribution in [3.8, 4) is 23.0 Å². The minimum atomic E-state index is 0.286. The van der Waals surface area contributed by atoms with Crippen LogP contribution in [0.1, 0.15) is 45.8 Å². The molecule has 1 atom stereocenters. The third-order valence-corrected chi connectivity index (χ3v) is 10.1. The first-order valence-corrected chi connectivity index (χ1v) is 17.5. The zero-order valence-corrected chi connectivity index (χ0v) is 29.4. The number of benzene rings is 6. The quantitative estimate of drug-likeness (QED) is 0.176. The highest BCUT2D eigenvalue weighted by Gasteiger charge is 2.23. The van der Waals surface area contributed by atoms with E-state index in [1.165, 1.54) is 60.5 Å². The predicted octanol–water partition coefficient (Wildman–Crippen LogP) is 9.72. The Balaban J connectivity index is 0.000000157. The third kappa shape index (κ3) is 6.79. The van der Waals surface area contributed by atoms with Gasteiger partial charge in [-0.25, -0.2) is 0 Å². The lowest BCUT2D eigenvalue weighted by Crippen LogP contribution is -2.31. The Labute approximate surface area is 295 Å². The number of nitrogens with one attached hydrogen (secondary N) is 1. The van der Waals surface area contributed by atoms with Crippen LogP contribution in [0.4, 0.5) is 0 Å². The molecule has 0 saturated carbocycles. The summed E-state index contributed by atoms with van der Waals surface area (Å²) in [4.78, 5) is 0. The molecular formula is C45H45NO4. The lowest BCUT2D eigenvalue weighted by atomic mass is 9.86. The highest BCUT2D eigenvalue weighted by atomic mass is 16.5. The van der Waals surface area contributed by atoms with Crippen LogP contribution in [-0.2, 0) is 25.7 Å². The maximum Gasteiger partial charge on any atom is 0.161 e. The molecule has 6 aromatic rings. The lowest BCUT2D eigenvalue weighted by molar-refractivity contribution is 0.352. The molecule has 0 fully saturated rings. The maximum atomic E-state index is 5.52. The molecule has 5 nitrogen and oxygen atoms in total. The van der Waals surface area contributed by atoms with Crippen molar-refractivity contribution in [1.29, 1.82) is 0 Å². The number of aryl methyl sites for hydroxylation is 1. The van der Waals surface area contributed by atoms with Crippen LogP contribution in [0.25, 0.3) is 27.1 Å². The summed E-state index contributed by atoms with van der Waals surface area (Å²) in [7, 11) is 6.78. The molecule has 0 unspecified atom stereocenters. The molecule has 254 valence electrons. The van der Waals surface area contributed by atoms with E-state index in [4.69, 9.17) is 18.9 Å². The molecule has 2 aliphatic rings. The van der Waals surface area contributed by atoms with Crippen molar-refractivity contribution >= 4 is 27.1 Å².